The average Bonchev–Trinajstić information content (AvgIpc) is 3.10. The number of halogens is 1. The van der Waals surface area contributed by atoms with E-state index in [4.69, 9.17) is 38.0 Å². The molecule has 3 aromatic rings. The molecule has 32 heavy (non-hydrogen) atoms. The van der Waals surface area contributed by atoms with E-state index in [0.29, 0.717) is 16.7 Å². The molecule has 1 saturated carbocycles. The number of carboxylic acid groups (broad SMARTS) is 1. The van der Waals surface area contributed by atoms with E-state index in [1.54, 1.807) is 4.68 Å². The highest BCUT2D eigenvalue weighted by Gasteiger charge is 2.27. The van der Waals surface area contributed by atoms with Crippen LogP contribution in [0.3, 0.4) is 0 Å². The zero-order valence-electron chi connectivity index (χ0n) is 18.1. The molecule has 0 aliphatic heterocycles. The number of nitrogens with two attached hydrogens (primary N) is 2. The third-order valence-corrected chi connectivity index (χ3v) is 5.56. The molecule has 1 aromatic carbocycles. The van der Waals surface area contributed by atoms with E-state index in [2.05, 4.69) is 10.1 Å². The molecule has 1 amide bonds. The zero-order valence-corrected chi connectivity index (χ0v) is 18.8. The number of aliphatic carboxylic acids is 1. The number of amides is 1. The molecule has 10 heteroatoms. The van der Waals surface area contributed by atoms with Gasteiger partial charge in [-0.25, -0.2) is 9.97 Å². The summed E-state index contributed by atoms with van der Waals surface area (Å²) < 4.78 is 1.76. The monoisotopic (exact) mass is 458 g/mol. The van der Waals surface area contributed by atoms with Crippen LogP contribution < -0.4 is 11.5 Å². The van der Waals surface area contributed by atoms with Gasteiger partial charge < -0.3 is 16.6 Å². The Hall–Kier alpha value is -3.04. The van der Waals surface area contributed by atoms with Crippen LogP contribution in [-0.4, -0.2) is 42.8 Å². The summed E-state index contributed by atoms with van der Waals surface area (Å²) in [5.74, 6) is 0.842. The molecule has 0 saturated heterocycles. The molecule has 4 rings (SSSR count). The first-order chi connectivity index (χ1) is 15.1. The van der Waals surface area contributed by atoms with Crippen molar-refractivity contribution in [1.82, 2.24) is 19.7 Å². The first-order valence-corrected chi connectivity index (χ1v) is 10.8. The van der Waals surface area contributed by atoms with Crippen molar-refractivity contribution in [2.75, 3.05) is 0 Å². The molecule has 2 aromatic heterocycles. The topological polar surface area (TPSA) is 150 Å². The Morgan fingerprint density at radius 3 is 2.47 bits per heavy atom. The number of hydrogen-bond donors (Lipinski definition) is 3. The van der Waals surface area contributed by atoms with E-state index in [0.717, 1.165) is 54.9 Å². The Labute approximate surface area is 190 Å². The van der Waals surface area contributed by atoms with Crippen molar-refractivity contribution < 1.29 is 14.7 Å². The number of benzene rings is 1. The molecular weight excluding hydrogens is 432 g/mol. The lowest BCUT2D eigenvalue weighted by Gasteiger charge is -2.25. The predicted molar refractivity (Wildman–Crippen MR) is 122 cm³/mol. The molecule has 170 valence electrons. The van der Waals surface area contributed by atoms with Gasteiger partial charge in [-0.05, 0) is 56.4 Å². The maximum Gasteiger partial charge on any atom is 0.300 e. The summed E-state index contributed by atoms with van der Waals surface area (Å²) in [4.78, 5) is 29.8. The lowest BCUT2D eigenvalue weighted by atomic mass is 9.86. The fourth-order valence-corrected chi connectivity index (χ4v) is 4.04. The van der Waals surface area contributed by atoms with E-state index in [-0.39, 0.29) is 18.4 Å². The smallest absolute Gasteiger partial charge is 0.300 e. The number of carbonyl (C=O) groups is 2. The SMILES string of the molecule is CC(=O)O.Cc1cc(-n2nc(CC(N)=O)nc2C2CCC(N)CC2)nc2cc(Cl)ccc12. The third kappa shape index (κ3) is 5.80. The molecule has 0 radical (unpaired) electrons. The maximum absolute atomic E-state index is 11.4. The van der Waals surface area contributed by atoms with Crippen molar-refractivity contribution in [2.24, 2.45) is 11.5 Å². The van der Waals surface area contributed by atoms with E-state index < -0.39 is 11.9 Å². The largest absolute Gasteiger partial charge is 0.481 e. The van der Waals surface area contributed by atoms with Crippen molar-refractivity contribution in [3.8, 4) is 5.82 Å². The normalized spacial score (nSPS) is 18.1. The second-order valence-electron chi connectivity index (χ2n) is 8.03. The zero-order chi connectivity index (χ0) is 23.4. The van der Waals surface area contributed by atoms with Crippen LogP contribution in [0.15, 0.2) is 24.3 Å². The second kappa shape index (κ2) is 10.1. The highest BCUT2D eigenvalue weighted by molar-refractivity contribution is 6.31. The molecule has 0 spiro atoms. The molecule has 1 aliphatic rings. The minimum absolute atomic E-state index is 0.00459. The van der Waals surface area contributed by atoms with Gasteiger partial charge in [0.25, 0.3) is 5.97 Å². The van der Waals surface area contributed by atoms with Crippen molar-refractivity contribution >= 4 is 34.4 Å². The van der Waals surface area contributed by atoms with E-state index in [1.807, 2.05) is 31.2 Å². The summed E-state index contributed by atoms with van der Waals surface area (Å²) >= 11 is 6.16. The summed E-state index contributed by atoms with van der Waals surface area (Å²) in [7, 11) is 0. The minimum atomic E-state index is -0.833. The fraction of sp³-hybridized carbons (Fsp3) is 0.409. The highest BCUT2D eigenvalue weighted by atomic mass is 35.5. The summed E-state index contributed by atoms with van der Waals surface area (Å²) in [6.45, 7) is 3.11. The Kier molecular flexibility index (Phi) is 7.42. The van der Waals surface area contributed by atoms with Crippen LogP contribution in [0.4, 0.5) is 0 Å². The van der Waals surface area contributed by atoms with Crippen LogP contribution >= 0.6 is 11.6 Å². The molecule has 1 fully saturated rings. The number of rotatable bonds is 4. The van der Waals surface area contributed by atoms with Crippen LogP contribution in [0.25, 0.3) is 16.7 Å². The Morgan fingerprint density at radius 2 is 1.84 bits per heavy atom. The molecule has 0 unspecified atom stereocenters. The second-order valence-corrected chi connectivity index (χ2v) is 8.47. The van der Waals surface area contributed by atoms with Crippen molar-refractivity contribution in [3.63, 3.8) is 0 Å². The highest BCUT2D eigenvalue weighted by Crippen LogP contribution is 2.33. The van der Waals surface area contributed by atoms with Gasteiger partial charge in [0, 0.05) is 29.3 Å². The molecular formula is C22H27ClN6O3. The summed E-state index contributed by atoms with van der Waals surface area (Å²) in [6.07, 6.45) is 3.78. The first kappa shape index (κ1) is 23.6. The van der Waals surface area contributed by atoms with Crippen LogP contribution in [0.5, 0.6) is 0 Å². The van der Waals surface area contributed by atoms with Crippen LogP contribution in [0.2, 0.25) is 5.02 Å². The molecule has 5 N–H and O–H groups in total. The molecule has 9 nitrogen and oxygen atoms in total. The van der Waals surface area contributed by atoms with Gasteiger partial charge in [-0.1, -0.05) is 17.7 Å². The number of fused-ring (bicyclic) bond motifs is 1. The van der Waals surface area contributed by atoms with Gasteiger partial charge in [-0.3, -0.25) is 9.59 Å². The molecule has 0 bridgehead atoms. The van der Waals surface area contributed by atoms with Crippen LogP contribution in [-0.2, 0) is 16.0 Å². The van der Waals surface area contributed by atoms with E-state index >= 15 is 0 Å². The molecule has 1 aliphatic carbocycles. The van der Waals surface area contributed by atoms with E-state index in [9.17, 15) is 4.79 Å². The number of aromatic nitrogens is 4. The quantitative estimate of drug-likeness (QED) is 0.543. The van der Waals surface area contributed by atoms with Crippen LogP contribution in [0, 0.1) is 6.92 Å². The number of aryl methyl sites for hydroxylation is 1. The van der Waals surface area contributed by atoms with Gasteiger partial charge in [-0.15, -0.1) is 5.10 Å². The predicted octanol–water partition coefficient (Wildman–Crippen LogP) is 2.88. The van der Waals surface area contributed by atoms with Gasteiger partial charge in [0.05, 0.1) is 11.9 Å². The summed E-state index contributed by atoms with van der Waals surface area (Å²) in [6, 6.07) is 7.88. The third-order valence-electron chi connectivity index (χ3n) is 5.33. The summed E-state index contributed by atoms with van der Waals surface area (Å²) in [5.41, 5.74) is 13.3. The number of hydrogen-bond acceptors (Lipinski definition) is 6. The Morgan fingerprint density at radius 1 is 1.19 bits per heavy atom. The Bertz CT molecular complexity index is 1130. The van der Waals surface area contributed by atoms with Gasteiger partial charge in [0.2, 0.25) is 5.91 Å². The molecule has 2 heterocycles. The standard InChI is InChI=1S/C20H23ClN6O.C2H4O2/c1-11-8-19(24-16-9-13(21)4-7-15(11)16)27-20(12-2-5-14(22)6-3-12)25-18(26-27)10-17(23)28;1-2(3)4/h4,7-9,12,14H,2-3,5-6,10,22H2,1H3,(H2,23,28);1H3,(H,3,4). The van der Waals surface area contributed by atoms with Gasteiger partial charge in [0.1, 0.15) is 5.82 Å². The number of carboxylic acids is 1. The Balaban J connectivity index is 0.000000668. The lowest BCUT2D eigenvalue weighted by molar-refractivity contribution is -0.134. The van der Waals surface area contributed by atoms with Crippen molar-refractivity contribution in [2.45, 2.75) is 57.9 Å². The first-order valence-electron chi connectivity index (χ1n) is 10.4. The van der Waals surface area contributed by atoms with Gasteiger partial charge in [0.15, 0.2) is 11.6 Å². The van der Waals surface area contributed by atoms with Gasteiger partial charge in [-0.2, -0.15) is 4.68 Å². The van der Waals surface area contributed by atoms with E-state index in [1.165, 1.54) is 0 Å². The van der Waals surface area contributed by atoms with Gasteiger partial charge >= 0.3 is 0 Å². The molecule has 0 atom stereocenters. The number of primary amides is 1. The number of pyridine rings is 1. The fourth-order valence-electron chi connectivity index (χ4n) is 3.88. The van der Waals surface area contributed by atoms with Crippen molar-refractivity contribution in [1.29, 1.82) is 0 Å². The van der Waals surface area contributed by atoms with Crippen molar-refractivity contribution in [3.05, 3.63) is 46.5 Å². The number of nitrogens with zero attached hydrogens (tertiary/aromatic N) is 4. The lowest BCUT2D eigenvalue weighted by Crippen LogP contribution is -2.27. The number of carbonyl (C=O) groups excluding carboxylic acids is 1. The minimum Gasteiger partial charge on any atom is -0.481 e. The van der Waals surface area contributed by atoms with Crippen LogP contribution in [0.1, 0.15) is 55.7 Å². The maximum atomic E-state index is 11.4. The summed E-state index contributed by atoms with van der Waals surface area (Å²) in [5, 5.41) is 13.6. The average molecular weight is 459 g/mol.